The zero-order valence-corrected chi connectivity index (χ0v) is 12.4. The molecule has 1 aromatic carbocycles. The molecule has 2 aromatic rings. The molecule has 21 heavy (non-hydrogen) atoms. The van der Waals surface area contributed by atoms with Crippen LogP contribution in [0, 0.1) is 6.92 Å². The Hall–Kier alpha value is -2.27. The zero-order valence-electron chi connectivity index (χ0n) is 12.4. The third kappa shape index (κ3) is 3.44. The van der Waals surface area contributed by atoms with Gasteiger partial charge in [0.15, 0.2) is 5.78 Å². The topological polar surface area (TPSA) is 61.2 Å². The third-order valence-corrected chi connectivity index (χ3v) is 3.21. The molecule has 0 bridgehead atoms. The Morgan fingerprint density at radius 1 is 1.29 bits per heavy atom. The van der Waals surface area contributed by atoms with E-state index in [2.05, 4.69) is 5.10 Å². The minimum absolute atomic E-state index is 0.150. The normalized spacial score (nSPS) is 10.6. The van der Waals surface area contributed by atoms with Gasteiger partial charge in [0.1, 0.15) is 0 Å². The van der Waals surface area contributed by atoms with Crippen molar-refractivity contribution in [2.24, 2.45) is 0 Å². The zero-order chi connectivity index (χ0) is 15.4. The van der Waals surface area contributed by atoms with Crippen molar-refractivity contribution in [1.82, 2.24) is 9.78 Å². The summed E-state index contributed by atoms with van der Waals surface area (Å²) in [4.78, 5) is 23.8. The van der Waals surface area contributed by atoms with Crippen LogP contribution in [0.2, 0.25) is 0 Å². The summed E-state index contributed by atoms with van der Waals surface area (Å²) in [6, 6.07) is 9.34. The number of rotatable bonds is 5. The van der Waals surface area contributed by atoms with Crippen LogP contribution in [0.25, 0.3) is 11.3 Å². The van der Waals surface area contributed by atoms with Gasteiger partial charge >= 0.3 is 0 Å². The van der Waals surface area contributed by atoms with E-state index in [1.807, 2.05) is 31.2 Å². The molecule has 0 saturated heterocycles. The van der Waals surface area contributed by atoms with Gasteiger partial charge in [0.05, 0.1) is 24.4 Å². The Morgan fingerprint density at radius 3 is 2.52 bits per heavy atom. The van der Waals surface area contributed by atoms with Crippen LogP contribution in [-0.4, -0.2) is 29.3 Å². The first-order chi connectivity index (χ1) is 10.0. The quantitative estimate of drug-likeness (QED) is 0.789. The van der Waals surface area contributed by atoms with Gasteiger partial charge in [0.2, 0.25) is 0 Å². The summed E-state index contributed by atoms with van der Waals surface area (Å²) in [5, 5.41) is 4.32. The SMILES string of the molecule is COCCn1nc(-c2ccc(C)cc2)cc(C(C)=O)c1=O. The highest BCUT2D eigenvalue weighted by Gasteiger charge is 2.13. The lowest BCUT2D eigenvalue weighted by Gasteiger charge is -2.09. The Balaban J connectivity index is 2.55. The molecular weight excluding hydrogens is 268 g/mol. The molecule has 1 heterocycles. The van der Waals surface area contributed by atoms with E-state index in [1.165, 1.54) is 11.6 Å². The molecule has 110 valence electrons. The number of nitrogens with zero attached hydrogens (tertiary/aromatic N) is 2. The van der Waals surface area contributed by atoms with Crippen molar-refractivity contribution in [3.05, 3.63) is 51.8 Å². The average molecular weight is 286 g/mol. The lowest BCUT2D eigenvalue weighted by Crippen LogP contribution is -2.29. The number of hydrogen-bond donors (Lipinski definition) is 0. The van der Waals surface area contributed by atoms with Crippen LogP contribution in [-0.2, 0) is 11.3 Å². The molecule has 0 aliphatic heterocycles. The van der Waals surface area contributed by atoms with Crippen molar-refractivity contribution < 1.29 is 9.53 Å². The highest BCUT2D eigenvalue weighted by Crippen LogP contribution is 2.17. The summed E-state index contributed by atoms with van der Waals surface area (Å²) in [5.74, 6) is -0.262. The van der Waals surface area contributed by atoms with Crippen molar-refractivity contribution in [2.75, 3.05) is 13.7 Å². The number of ether oxygens (including phenoxy) is 1. The maximum atomic E-state index is 12.2. The number of aryl methyl sites for hydroxylation is 1. The van der Waals surface area contributed by atoms with E-state index in [0.717, 1.165) is 11.1 Å². The summed E-state index contributed by atoms with van der Waals surface area (Å²) in [7, 11) is 1.56. The molecular formula is C16H18N2O3. The molecule has 0 aliphatic carbocycles. The van der Waals surface area contributed by atoms with Crippen LogP contribution in [0.15, 0.2) is 35.1 Å². The molecule has 5 heteroatoms. The fraction of sp³-hybridized carbons (Fsp3) is 0.312. The Morgan fingerprint density at radius 2 is 1.95 bits per heavy atom. The monoisotopic (exact) mass is 286 g/mol. The van der Waals surface area contributed by atoms with Crippen LogP contribution in [0.1, 0.15) is 22.8 Å². The third-order valence-electron chi connectivity index (χ3n) is 3.21. The molecule has 1 aromatic heterocycles. The van der Waals surface area contributed by atoms with Crippen LogP contribution < -0.4 is 5.56 Å². The van der Waals surface area contributed by atoms with Crippen molar-refractivity contribution in [3.63, 3.8) is 0 Å². The van der Waals surface area contributed by atoms with Crippen LogP contribution in [0.4, 0.5) is 0 Å². The van der Waals surface area contributed by atoms with E-state index in [-0.39, 0.29) is 16.9 Å². The van der Waals surface area contributed by atoms with Crippen LogP contribution >= 0.6 is 0 Å². The van der Waals surface area contributed by atoms with Crippen molar-refractivity contribution in [3.8, 4) is 11.3 Å². The van der Waals surface area contributed by atoms with E-state index in [0.29, 0.717) is 18.8 Å². The first kappa shape index (κ1) is 15.1. The number of carbonyl (C=O) groups excluding carboxylic acids is 1. The Kier molecular flexibility index (Phi) is 4.65. The van der Waals surface area contributed by atoms with E-state index in [4.69, 9.17) is 4.74 Å². The number of benzene rings is 1. The minimum Gasteiger partial charge on any atom is -0.383 e. The van der Waals surface area contributed by atoms with Crippen LogP contribution in [0.3, 0.4) is 0 Å². The molecule has 0 amide bonds. The first-order valence-electron chi connectivity index (χ1n) is 6.72. The highest BCUT2D eigenvalue weighted by atomic mass is 16.5. The molecule has 0 fully saturated rings. The second-order valence-electron chi connectivity index (χ2n) is 4.89. The van der Waals surface area contributed by atoms with Gasteiger partial charge in [-0.3, -0.25) is 9.59 Å². The lowest BCUT2D eigenvalue weighted by molar-refractivity contribution is 0.101. The molecule has 0 aliphatic rings. The summed E-state index contributed by atoms with van der Waals surface area (Å²) in [6.45, 7) is 4.06. The fourth-order valence-electron chi connectivity index (χ4n) is 1.99. The fourth-order valence-corrected chi connectivity index (χ4v) is 1.99. The van der Waals surface area contributed by atoms with E-state index < -0.39 is 0 Å². The van der Waals surface area contributed by atoms with Crippen LogP contribution in [0.5, 0.6) is 0 Å². The van der Waals surface area contributed by atoms with Crippen molar-refractivity contribution in [1.29, 1.82) is 0 Å². The lowest BCUT2D eigenvalue weighted by atomic mass is 10.1. The van der Waals surface area contributed by atoms with Gasteiger partial charge < -0.3 is 4.74 Å². The largest absolute Gasteiger partial charge is 0.383 e. The second kappa shape index (κ2) is 6.45. The summed E-state index contributed by atoms with van der Waals surface area (Å²) >= 11 is 0. The predicted molar refractivity (Wildman–Crippen MR) is 80.6 cm³/mol. The molecule has 0 unspecified atom stereocenters. The van der Waals surface area contributed by atoms with E-state index >= 15 is 0 Å². The molecule has 0 saturated carbocycles. The van der Waals surface area contributed by atoms with Gasteiger partial charge in [-0.1, -0.05) is 29.8 Å². The molecule has 0 radical (unpaired) electrons. The molecule has 0 atom stereocenters. The van der Waals surface area contributed by atoms with E-state index in [9.17, 15) is 9.59 Å². The minimum atomic E-state index is -0.379. The Bertz CT molecular complexity index is 702. The molecule has 2 rings (SSSR count). The number of methoxy groups -OCH3 is 1. The molecule has 0 N–H and O–H groups in total. The first-order valence-corrected chi connectivity index (χ1v) is 6.72. The maximum Gasteiger partial charge on any atom is 0.277 e. The van der Waals surface area contributed by atoms with E-state index in [1.54, 1.807) is 13.2 Å². The van der Waals surface area contributed by atoms with Gasteiger partial charge in [-0.25, -0.2) is 4.68 Å². The second-order valence-corrected chi connectivity index (χ2v) is 4.89. The van der Waals surface area contributed by atoms with Gasteiger partial charge in [-0.15, -0.1) is 0 Å². The van der Waals surface area contributed by atoms with Gasteiger partial charge in [0.25, 0.3) is 5.56 Å². The smallest absolute Gasteiger partial charge is 0.277 e. The molecule has 5 nitrogen and oxygen atoms in total. The summed E-state index contributed by atoms with van der Waals surface area (Å²) in [5.41, 5.74) is 2.38. The van der Waals surface area contributed by atoms with Gasteiger partial charge in [0, 0.05) is 12.7 Å². The summed E-state index contributed by atoms with van der Waals surface area (Å²) < 4.78 is 6.26. The van der Waals surface area contributed by atoms with Gasteiger partial charge in [-0.2, -0.15) is 5.10 Å². The molecule has 0 spiro atoms. The number of Topliss-reactive ketones (excluding diaryl/α,β-unsaturated/α-hetero) is 1. The maximum absolute atomic E-state index is 12.2. The number of aromatic nitrogens is 2. The Labute approximate surface area is 123 Å². The van der Waals surface area contributed by atoms with Gasteiger partial charge in [-0.05, 0) is 19.9 Å². The standard InChI is InChI=1S/C16H18N2O3/c1-11-4-6-13(7-5-11)15-10-14(12(2)19)16(20)18(17-15)8-9-21-3/h4-7,10H,8-9H2,1-3H3. The summed E-state index contributed by atoms with van der Waals surface area (Å²) in [6.07, 6.45) is 0. The number of ketones is 1. The average Bonchev–Trinajstić information content (AvgIpc) is 2.47. The highest BCUT2D eigenvalue weighted by molar-refractivity contribution is 5.94. The number of hydrogen-bond acceptors (Lipinski definition) is 4. The predicted octanol–water partition coefficient (Wildman–Crippen LogP) is 2.07. The van der Waals surface area contributed by atoms with Crippen molar-refractivity contribution >= 4 is 5.78 Å². The number of carbonyl (C=O) groups is 1. The van der Waals surface area contributed by atoms with Crippen molar-refractivity contribution in [2.45, 2.75) is 20.4 Å².